The minimum Gasteiger partial charge on any atom is -0.379 e. The average molecular weight is 187 g/mol. The lowest BCUT2D eigenvalue weighted by molar-refractivity contribution is 0.0698. The lowest BCUT2D eigenvalue weighted by atomic mass is 10.4. The lowest BCUT2D eigenvalue weighted by Gasteiger charge is -2.01. The fourth-order valence-electron chi connectivity index (χ4n) is 0.976. The van der Waals surface area contributed by atoms with Gasteiger partial charge >= 0.3 is 0 Å². The molecule has 0 aromatic heterocycles. The van der Waals surface area contributed by atoms with Crippen LogP contribution < -0.4 is 0 Å². The highest BCUT2D eigenvalue weighted by atomic mass is 16.6. The summed E-state index contributed by atoms with van der Waals surface area (Å²) in [5.41, 5.74) is 0. The summed E-state index contributed by atoms with van der Waals surface area (Å²) in [6.07, 6.45) is 1.57. The number of hydrogen-bond acceptors (Lipinski definition) is 4. The maximum Gasteiger partial charge on any atom is 0.298 e. The number of rotatable bonds is 8. The van der Waals surface area contributed by atoms with Crippen molar-refractivity contribution in [2.24, 2.45) is 0 Å². The van der Waals surface area contributed by atoms with Gasteiger partial charge in [-0.25, -0.2) is 0 Å². The van der Waals surface area contributed by atoms with Gasteiger partial charge in [-0.2, -0.15) is 0 Å². The van der Waals surface area contributed by atoms with E-state index in [1.165, 1.54) is 0 Å². The number of ether oxygens (including phenoxy) is 4. The van der Waals surface area contributed by atoms with Crippen molar-refractivity contribution in [3.8, 4) is 0 Å². The van der Waals surface area contributed by atoms with Crippen LogP contribution in [0.2, 0.25) is 0 Å². The van der Waals surface area contributed by atoms with Gasteiger partial charge in [0.1, 0.15) is 12.7 Å². The quantitative estimate of drug-likeness (QED) is 0.313. The zero-order chi connectivity index (χ0) is 8.93. The normalized spacial score (nSPS) is 29.8. The number of epoxide rings is 2. The molecule has 4 nitrogen and oxygen atoms in total. The summed E-state index contributed by atoms with van der Waals surface area (Å²) >= 11 is 0. The van der Waals surface area contributed by atoms with Crippen molar-refractivity contribution in [3.05, 3.63) is 6.61 Å². The molecule has 0 aliphatic carbocycles. The third-order valence-corrected chi connectivity index (χ3v) is 1.89. The molecule has 2 aliphatic rings. The molecule has 0 N–H and O–H groups in total. The molecule has 4 heteroatoms. The molecule has 74 valence electrons. The molecule has 0 aromatic carbocycles. The Labute approximate surface area is 78.1 Å². The van der Waals surface area contributed by atoms with Crippen LogP contribution in [-0.2, 0) is 18.9 Å². The second-order valence-corrected chi connectivity index (χ2v) is 3.27. The van der Waals surface area contributed by atoms with Gasteiger partial charge in [-0.1, -0.05) is 0 Å². The highest BCUT2D eigenvalue weighted by molar-refractivity contribution is 4.81. The zero-order valence-corrected chi connectivity index (χ0v) is 7.61. The van der Waals surface area contributed by atoms with E-state index < -0.39 is 0 Å². The average Bonchev–Trinajstić information content (AvgIpc) is 2.99. The molecular weight excluding hydrogens is 172 g/mol. The predicted octanol–water partition coefficient (Wildman–Crippen LogP) is 0.369. The number of hydrogen-bond donors (Lipinski definition) is 0. The first-order valence-corrected chi connectivity index (χ1v) is 4.71. The van der Waals surface area contributed by atoms with Crippen LogP contribution in [0, 0.1) is 6.61 Å². The van der Waals surface area contributed by atoms with Crippen molar-refractivity contribution in [1.82, 2.24) is 0 Å². The van der Waals surface area contributed by atoms with Crippen LogP contribution in [0.4, 0.5) is 0 Å². The van der Waals surface area contributed by atoms with Crippen LogP contribution in [0.25, 0.3) is 0 Å². The van der Waals surface area contributed by atoms with E-state index in [4.69, 9.17) is 18.9 Å². The molecule has 2 aliphatic heterocycles. The first-order chi connectivity index (χ1) is 6.45. The second-order valence-electron chi connectivity index (χ2n) is 3.27. The van der Waals surface area contributed by atoms with Crippen LogP contribution in [0.5, 0.6) is 0 Å². The molecule has 2 heterocycles. The Morgan fingerprint density at radius 1 is 1.23 bits per heavy atom. The van der Waals surface area contributed by atoms with Crippen molar-refractivity contribution in [2.75, 3.05) is 33.0 Å². The van der Waals surface area contributed by atoms with Gasteiger partial charge in [0.05, 0.1) is 13.2 Å². The largest absolute Gasteiger partial charge is 0.379 e. The Morgan fingerprint density at radius 3 is 2.54 bits per heavy atom. The molecule has 0 aromatic rings. The minimum atomic E-state index is 0.251. The van der Waals surface area contributed by atoms with Gasteiger partial charge in [-0.15, -0.1) is 4.74 Å². The van der Waals surface area contributed by atoms with Crippen molar-refractivity contribution in [3.63, 3.8) is 0 Å². The molecule has 2 saturated heterocycles. The van der Waals surface area contributed by atoms with E-state index in [2.05, 4.69) is 0 Å². The highest BCUT2D eigenvalue weighted by Crippen LogP contribution is 2.15. The third-order valence-electron chi connectivity index (χ3n) is 1.89. The van der Waals surface area contributed by atoms with E-state index in [-0.39, 0.29) is 6.10 Å². The van der Waals surface area contributed by atoms with E-state index in [0.29, 0.717) is 12.7 Å². The molecular formula is C9H15O4+. The Hall–Kier alpha value is -0.290. The second kappa shape index (κ2) is 4.81. The van der Waals surface area contributed by atoms with Gasteiger partial charge in [0.25, 0.3) is 12.7 Å². The zero-order valence-electron chi connectivity index (χ0n) is 7.61. The standard InChI is InChI=1S/C9H15O4/c1(2-10-4-8-6-12-8)3-11-5-9-7-13-9/h6,8-9H,1-5,7H2/q+1. The summed E-state index contributed by atoms with van der Waals surface area (Å²) in [4.78, 5) is 0. The van der Waals surface area contributed by atoms with Crippen LogP contribution >= 0.6 is 0 Å². The van der Waals surface area contributed by atoms with Gasteiger partial charge in [0.2, 0.25) is 0 Å². The van der Waals surface area contributed by atoms with Crippen LogP contribution in [0.3, 0.4) is 0 Å². The maximum absolute atomic E-state index is 5.34. The van der Waals surface area contributed by atoms with Crippen LogP contribution in [0.1, 0.15) is 6.42 Å². The highest BCUT2D eigenvalue weighted by Gasteiger charge is 2.39. The van der Waals surface area contributed by atoms with Crippen molar-refractivity contribution in [1.29, 1.82) is 0 Å². The molecule has 2 fully saturated rings. The van der Waals surface area contributed by atoms with Crippen LogP contribution in [-0.4, -0.2) is 45.2 Å². The Bertz CT molecular complexity index is 127. The molecule has 13 heavy (non-hydrogen) atoms. The van der Waals surface area contributed by atoms with E-state index in [1.54, 1.807) is 6.61 Å². The molecule has 0 amide bonds. The Balaban J connectivity index is 1.28. The van der Waals surface area contributed by atoms with E-state index in [1.807, 2.05) is 0 Å². The molecule has 2 atom stereocenters. The lowest BCUT2D eigenvalue weighted by Crippen LogP contribution is -2.07. The van der Waals surface area contributed by atoms with E-state index in [0.717, 1.165) is 32.8 Å². The Kier molecular flexibility index (Phi) is 3.43. The van der Waals surface area contributed by atoms with Gasteiger partial charge in [0, 0.05) is 13.2 Å². The van der Waals surface area contributed by atoms with Gasteiger partial charge in [-0.05, 0) is 6.42 Å². The minimum absolute atomic E-state index is 0.251. The SMILES string of the molecule is [CH+]1OC1COCCCOCC1CO1. The molecule has 0 radical (unpaired) electrons. The molecule has 2 rings (SSSR count). The predicted molar refractivity (Wildman–Crippen MR) is 45.2 cm³/mol. The first kappa shape index (κ1) is 9.27. The summed E-state index contributed by atoms with van der Waals surface area (Å²) in [5.74, 6) is 0. The summed E-state index contributed by atoms with van der Waals surface area (Å²) in [6.45, 7) is 5.58. The summed E-state index contributed by atoms with van der Waals surface area (Å²) in [6, 6.07) is 0. The van der Waals surface area contributed by atoms with E-state index in [9.17, 15) is 0 Å². The van der Waals surface area contributed by atoms with Gasteiger partial charge in [-0.3, -0.25) is 0 Å². The van der Waals surface area contributed by atoms with Crippen molar-refractivity contribution >= 4 is 0 Å². The summed E-state index contributed by atoms with van der Waals surface area (Å²) in [5, 5.41) is 0. The smallest absolute Gasteiger partial charge is 0.298 e. The Morgan fingerprint density at radius 2 is 1.92 bits per heavy atom. The topological polar surface area (TPSA) is 43.5 Å². The third kappa shape index (κ3) is 4.47. The molecule has 0 spiro atoms. The fraction of sp³-hybridized carbons (Fsp3) is 0.889. The van der Waals surface area contributed by atoms with Gasteiger partial charge in [0.15, 0.2) is 0 Å². The monoisotopic (exact) mass is 187 g/mol. The molecule has 0 bridgehead atoms. The first-order valence-electron chi connectivity index (χ1n) is 4.71. The van der Waals surface area contributed by atoms with Crippen molar-refractivity contribution < 1.29 is 18.9 Å². The van der Waals surface area contributed by atoms with Gasteiger partial charge < -0.3 is 14.2 Å². The van der Waals surface area contributed by atoms with E-state index >= 15 is 0 Å². The molecule has 2 unspecified atom stereocenters. The fourth-order valence-corrected chi connectivity index (χ4v) is 0.976. The van der Waals surface area contributed by atoms with Crippen LogP contribution in [0.15, 0.2) is 0 Å². The summed E-state index contributed by atoms with van der Waals surface area (Å²) < 4.78 is 20.5. The maximum atomic E-state index is 5.34. The van der Waals surface area contributed by atoms with Crippen molar-refractivity contribution in [2.45, 2.75) is 18.6 Å². The summed E-state index contributed by atoms with van der Waals surface area (Å²) in [7, 11) is 0. The molecule has 0 saturated carbocycles.